The summed E-state index contributed by atoms with van der Waals surface area (Å²) in [6.07, 6.45) is 2.61. The molecule has 0 radical (unpaired) electrons. The molecule has 3 rings (SSSR count). The van der Waals surface area contributed by atoms with Gasteiger partial charge in [-0.1, -0.05) is 17.7 Å². The molecule has 0 saturated carbocycles. The van der Waals surface area contributed by atoms with Crippen LogP contribution in [-0.4, -0.2) is 23.3 Å². The summed E-state index contributed by atoms with van der Waals surface area (Å²) in [5.74, 6) is -0.576. The summed E-state index contributed by atoms with van der Waals surface area (Å²) in [4.78, 5) is 11.8. The average molecular weight is 389 g/mol. The van der Waals surface area contributed by atoms with E-state index in [9.17, 15) is 9.18 Å². The molecular weight excluding hydrogens is 375 g/mol. The van der Waals surface area contributed by atoms with Crippen molar-refractivity contribution in [3.63, 3.8) is 0 Å². The molecule has 6 nitrogen and oxygen atoms in total. The van der Waals surface area contributed by atoms with Crippen LogP contribution in [0.25, 0.3) is 17.5 Å². The molecule has 0 spiro atoms. The van der Waals surface area contributed by atoms with E-state index >= 15 is 0 Å². The number of esters is 1. The lowest BCUT2D eigenvalue weighted by atomic mass is 10.2. The van der Waals surface area contributed by atoms with Crippen LogP contribution < -0.4 is 4.74 Å². The minimum absolute atomic E-state index is 0.127. The van der Waals surface area contributed by atoms with E-state index < -0.39 is 11.8 Å². The maximum atomic E-state index is 13.6. The molecule has 0 aliphatic carbocycles. The Labute approximate surface area is 159 Å². The van der Waals surface area contributed by atoms with Crippen molar-refractivity contribution in [2.45, 2.75) is 6.61 Å². The molecule has 3 aromatic rings. The molecule has 2 aromatic carbocycles. The topological polar surface area (TPSA) is 74.5 Å². The SMILES string of the molecule is COc1ccc(/C=C/C(=O)OCc2nnc(-c3ccc(Cl)cc3)o2)cc1F. The summed E-state index contributed by atoms with van der Waals surface area (Å²) < 4.78 is 28.9. The number of benzene rings is 2. The van der Waals surface area contributed by atoms with Crippen LogP contribution in [0.4, 0.5) is 4.39 Å². The molecule has 0 saturated heterocycles. The summed E-state index contributed by atoms with van der Waals surface area (Å²) in [6, 6.07) is 11.2. The third-order valence-electron chi connectivity index (χ3n) is 3.48. The zero-order valence-corrected chi connectivity index (χ0v) is 14.9. The van der Waals surface area contributed by atoms with Crippen molar-refractivity contribution in [3.8, 4) is 17.2 Å². The normalized spacial score (nSPS) is 10.9. The van der Waals surface area contributed by atoms with Gasteiger partial charge < -0.3 is 13.9 Å². The lowest BCUT2D eigenvalue weighted by Gasteiger charge is -2.02. The number of methoxy groups -OCH3 is 1. The Hall–Kier alpha value is -3.19. The van der Waals surface area contributed by atoms with Crippen molar-refractivity contribution in [2.24, 2.45) is 0 Å². The molecule has 0 aliphatic rings. The van der Waals surface area contributed by atoms with Crippen LogP contribution in [0.3, 0.4) is 0 Å². The molecule has 0 amide bonds. The van der Waals surface area contributed by atoms with Crippen LogP contribution in [-0.2, 0) is 16.1 Å². The van der Waals surface area contributed by atoms with Crippen LogP contribution in [0.1, 0.15) is 11.5 Å². The molecule has 0 bridgehead atoms. The molecule has 0 unspecified atom stereocenters. The highest BCUT2D eigenvalue weighted by Gasteiger charge is 2.10. The maximum absolute atomic E-state index is 13.6. The smallest absolute Gasteiger partial charge is 0.331 e. The fourth-order valence-electron chi connectivity index (χ4n) is 2.15. The highest BCUT2D eigenvalue weighted by atomic mass is 35.5. The first kappa shape index (κ1) is 18.6. The summed E-state index contributed by atoms with van der Waals surface area (Å²) in [5.41, 5.74) is 1.19. The number of hydrogen-bond acceptors (Lipinski definition) is 6. The Bertz CT molecular complexity index is 970. The Kier molecular flexibility index (Phi) is 5.83. The predicted molar refractivity (Wildman–Crippen MR) is 96.5 cm³/mol. The third-order valence-corrected chi connectivity index (χ3v) is 3.74. The van der Waals surface area contributed by atoms with E-state index in [1.54, 1.807) is 30.3 Å². The van der Waals surface area contributed by atoms with Gasteiger partial charge in [0.2, 0.25) is 5.89 Å². The van der Waals surface area contributed by atoms with Gasteiger partial charge >= 0.3 is 5.97 Å². The number of nitrogens with zero attached hydrogens (tertiary/aromatic N) is 2. The second-order valence-corrected chi connectivity index (χ2v) is 5.78. The van der Waals surface area contributed by atoms with Gasteiger partial charge in [0, 0.05) is 16.7 Å². The van der Waals surface area contributed by atoms with Crippen LogP contribution >= 0.6 is 11.6 Å². The van der Waals surface area contributed by atoms with E-state index in [0.29, 0.717) is 22.0 Å². The van der Waals surface area contributed by atoms with E-state index in [4.69, 9.17) is 25.5 Å². The van der Waals surface area contributed by atoms with E-state index in [1.165, 1.54) is 31.4 Å². The van der Waals surface area contributed by atoms with Crippen LogP contribution in [0, 0.1) is 5.82 Å². The molecule has 27 heavy (non-hydrogen) atoms. The zero-order valence-electron chi connectivity index (χ0n) is 14.2. The Morgan fingerprint density at radius 1 is 1.22 bits per heavy atom. The lowest BCUT2D eigenvalue weighted by Crippen LogP contribution is -2.01. The standard InChI is InChI=1S/C19H14ClFN2O4/c1-25-16-8-2-12(10-15(16)21)3-9-18(24)26-11-17-22-23-19(27-17)13-4-6-14(20)7-5-13/h2-10H,11H2,1H3/b9-3+. The third kappa shape index (κ3) is 4.92. The number of aromatic nitrogens is 2. The molecule has 0 fully saturated rings. The maximum Gasteiger partial charge on any atom is 0.331 e. The summed E-state index contributed by atoms with van der Waals surface area (Å²) in [7, 11) is 1.38. The quantitative estimate of drug-likeness (QED) is 0.463. The van der Waals surface area contributed by atoms with Gasteiger partial charge in [-0.3, -0.25) is 0 Å². The monoisotopic (exact) mass is 388 g/mol. The van der Waals surface area contributed by atoms with Gasteiger partial charge in [0.1, 0.15) is 0 Å². The van der Waals surface area contributed by atoms with Gasteiger partial charge in [0.05, 0.1) is 7.11 Å². The van der Waals surface area contributed by atoms with E-state index in [-0.39, 0.29) is 18.2 Å². The average Bonchev–Trinajstić information content (AvgIpc) is 3.14. The summed E-state index contributed by atoms with van der Waals surface area (Å²) in [6.45, 7) is -0.180. The van der Waals surface area contributed by atoms with Crippen LogP contribution in [0.5, 0.6) is 5.75 Å². The fourth-order valence-corrected chi connectivity index (χ4v) is 2.28. The summed E-state index contributed by atoms with van der Waals surface area (Å²) in [5, 5.41) is 8.31. The predicted octanol–water partition coefficient (Wildman–Crippen LogP) is 4.29. The van der Waals surface area contributed by atoms with Crippen molar-refractivity contribution in [2.75, 3.05) is 7.11 Å². The molecule has 138 valence electrons. The fraction of sp³-hybridized carbons (Fsp3) is 0.105. The molecule has 1 aromatic heterocycles. The zero-order chi connectivity index (χ0) is 19.2. The van der Waals surface area contributed by atoms with Gasteiger partial charge in [-0.2, -0.15) is 0 Å². The minimum atomic E-state index is -0.627. The van der Waals surface area contributed by atoms with Gasteiger partial charge in [-0.05, 0) is 48.0 Å². The first-order valence-corrected chi connectivity index (χ1v) is 8.19. The Morgan fingerprint density at radius 2 is 2.00 bits per heavy atom. The number of hydrogen-bond donors (Lipinski definition) is 0. The number of rotatable bonds is 6. The molecule has 0 atom stereocenters. The van der Waals surface area contributed by atoms with E-state index in [1.807, 2.05) is 0 Å². The van der Waals surface area contributed by atoms with Crippen LogP contribution in [0.15, 0.2) is 53.0 Å². The summed E-state index contributed by atoms with van der Waals surface area (Å²) >= 11 is 5.83. The van der Waals surface area contributed by atoms with Gasteiger partial charge in [0.15, 0.2) is 18.2 Å². The Balaban J connectivity index is 1.56. The largest absolute Gasteiger partial charge is 0.494 e. The highest BCUT2D eigenvalue weighted by Crippen LogP contribution is 2.21. The Morgan fingerprint density at radius 3 is 2.70 bits per heavy atom. The molecular formula is C19H14ClFN2O4. The van der Waals surface area contributed by atoms with Crippen molar-refractivity contribution in [3.05, 3.63) is 70.8 Å². The second kappa shape index (κ2) is 8.46. The second-order valence-electron chi connectivity index (χ2n) is 5.34. The van der Waals surface area contributed by atoms with Crippen molar-refractivity contribution < 1.29 is 23.1 Å². The first-order valence-electron chi connectivity index (χ1n) is 7.82. The number of ether oxygens (including phenoxy) is 2. The van der Waals surface area contributed by atoms with Gasteiger partial charge in [-0.25, -0.2) is 9.18 Å². The van der Waals surface area contributed by atoms with E-state index in [0.717, 1.165) is 0 Å². The van der Waals surface area contributed by atoms with Gasteiger partial charge in [-0.15, -0.1) is 10.2 Å². The first-order chi connectivity index (χ1) is 13.0. The van der Waals surface area contributed by atoms with Crippen molar-refractivity contribution in [1.29, 1.82) is 0 Å². The molecule has 8 heteroatoms. The number of carbonyl (C=O) groups excluding carboxylic acids is 1. The number of carbonyl (C=O) groups is 1. The molecule has 1 heterocycles. The lowest BCUT2D eigenvalue weighted by molar-refractivity contribution is -0.139. The number of halogens is 2. The highest BCUT2D eigenvalue weighted by molar-refractivity contribution is 6.30. The molecule has 0 aliphatic heterocycles. The van der Waals surface area contributed by atoms with Gasteiger partial charge in [0.25, 0.3) is 5.89 Å². The van der Waals surface area contributed by atoms with Crippen molar-refractivity contribution >= 4 is 23.6 Å². The molecule has 0 N–H and O–H groups in total. The van der Waals surface area contributed by atoms with E-state index in [2.05, 4.69) is 10.2 Å². The van der Waals surface area contributed by atoms with Crippen molar-refractivity contribution in [1.82, 2.24) is 10.2 Å². The minimum Gasteiger partial charge on any atom is -0.494 e. The van der Waals surface area contributed by atoms with Crippen LogP contribution in [0.2, 0.25) is 5.02 Å².